The molecule has 0 aliphatic rings. The fourth-order valence-electron chi connectivity index (χ4n) is 5.75. The summed E-state index contributed by atoms with van der Waals surface area (Å²) in [7, 11) is 4.29. The van der Waals surface area contributed by atoms with E-state index in [-0.39, 0.29) is 0 Å². The van der Waals surface area contributed by atoms with Crippen LogP contribution >= 0.6 is 0 Å². The second kappa shape index (κ2) is 9.93. The van der Waals surface area contributed by atoms with E-state index in [1.54, 1.807) is 0 Å². The minimum atomic E-state index is 0.882. The normalized spacial score (nSPS) is 11.5. The Morgan fingerprint density at radius 2 is 1.13 bits per heavy atom. The number of benzene rings is 6. The van der Waals surface area contributed by atoms with Crippen LogP contribution in [0.3, 0.4) is 0 Å². The number of fused-ring (bicyclic) bond motifs is 2. The molecule has 6 aromatic carbocycles. The summed E-state index contributed by atoms with van der Waals surface area (Å²) in [6.45, 7) is 5.24. The molecule has 1 nitrogen and oxygen atoms in total. The summed E-state index contributed by atoms with van der Waals surface area (Å²) in [5, 5.41) is 5.10. The third-order valence-corrected chi connectivity index (χ3v) is 7.42. The number of aryl methyl sites for hydroxylation is 2. The molecule has 0 saturated carbocycles. The quantitative estimate of drug-likeness (QED) is 0.217. The highest BCUT2D eigenvalue weighted by molar-refractivity contribution is 6.13. The third kappa shape index (κ3) is 4.51. The van der Waals surface area contributed by atoms with Gasteiger partial charge in [-0.2, -0.15) is 0 Å². The number of hydrogen-bond acceptors (Lipinski definition) is 1. The smallest absolute Gasteiger partial charge is 0.0233 e. The van der Waals surface area contributed by atoms with Crippen molar-refractivity contribution in [2.24, 2.45) is 0 Å². The van der Waals surface area contributed by atoms with E-state index >= 15 is 0 Å². The Labute approximate surface area is 226 Å². The van der Waals surface area contributed by atoms with Crippen molar-refractivity contribution in [3.05, 3.63) is 132 Å². The molecule has 0 N–H and O–H groups in total. The van der Waals surface area contributed by atoms with Crippen LogP contribution in [0.25, 0.3) is 54.9 Å². The Bertz CT molecular complexity index is 1790. The molecule has 0 heterocycles. The van der Waals surface area contributed by atoms with Gasteiger partial charge in [0.2, 0.25) is 0 Å². The van der Waals surface area contributed by atoms with E-state index in [1.807, 2.05) is 0 Å². The van der Waals surface area contributed by atoms with Gasteiger partial charge in [-0.3, -0.25) is 0 Å². The summed E-state index contributed by atoms with van der Waals surface area (Å²) in [4.78, 5) is 2.26. The highest BCUT2D eigenvalue weighted by atomic mass is 15.0. The maximum absolute atomic E-state index is 2.41. The molecule has 0 aliphatic carbocycles. The van der Waals surface area contributed by atoms with Gasteiger partial charge in [-0.05, 0) is 107 Å². The monoisotopic (exact) mass is 491 g/mol. The maximum atomic E-state index is 2.41. The van der Waals surface area contributed by atoms with Crippen molar-refractivity contribution in [3.8, 4) is 33.4 Å². The minimum absolute atomic E-state index is 0.882. The molecule has 0 fully saturated rings. The Morgan fingerprint density at radius 3 is 1.84 bits per heavy atom. The molecule has 0 bridgehead atoms. The van der Waals surface area contributed by atoms with Gasteiger partial charge in [-0.15, -0.1) is 0 Å². The van der Waals surface area contributed by atoms with E-state index in [1.165, 1.54) is 71.6 Å². The molecule has 0 unspecified atom stereocenters. The molecule has 0 aromatic heterocycles. The van der Waals surface area contributed by atoms with Gasteiger partial charge in [0.05, 0.1) is 0 Å². The van der Waals surface area contributed by atoms with Crippen LogP contribution in [0.2, 0.25) is 0 Å². The van der Waals surface area contributed by atoms with E-state index < -0.39 is 0 Å². The average molecular weight is 492 g/mol. The lowest BCUT2D eigenvalue weighted by molar-refractivity contribution is 0.403. The molecule has 0 aliphatic heterocycles. The predicted octanol–water partition coefficient (Wildman–Crippen LogP) is 9.67. The molecule has 186 valence electrons. The van der Waals surface area contributed by atoms with E-state index in [4.69, 9.17) is 0 Å². The zero-order valence-corrected chi connectivity index (χ0v) is 22.6. The van der Waals surface area contributed by atoms with Crippen molar-refractivity contribution < 1.29 is 0 Å². The van der Waals surface area contributed by atoms with Gasteiger partial charge in [0.15, 0.2) is 0 Å². The molecular weight excluding hydrogens is 458 g/mol. The Kier molecular flexibility index (Phi) is 6.31. The molecule has 0 saturated heterocycles. The van der Waals surface area contributed by atoms with Gasteiger partial charge in [0, 0.05) is 6.54 Å². The summed E-state index contributed by atoms with van der Waals surface area (Å²) in [6, 6.07) is 42.7. The second-order valence-corrected chi connectivity index (χ2v) is 10.7. The molecule has 0 atom stereocenters. The lowest BCUT2D eigenvalue weighted by atomic mass is 9.81. The van der Waals surface area contributed by atoms with E-state index in [9.17, 15) is 0 Å². The van der Waals surface area contributed by atoms with Crippen molar-refractivity contribution >= 4 is 21.5 Å². The molecule has 6 aromatic rings. The maximum Gasteiger partial charge on any atom is 0.0233 e. The van der Waals surface area contributed by atoms with Crippen molar-refractivity contribution in [2.45, 2.75) is 20.4 Å². The predicted molar refractivity (Wildman–Crippen MR) is 165 cm³/mol. The largest absolute Gasteiger partial charge is 0.305 e. The van der Waals surface area contributed by atoms with Crippen molar-refractivity contribution in [3.63, 3.8) is 0 Å². The van der Waals surface area contributed by atoms with Crippen LogP contribution in [0.4, 0.5) is 0 Å². The van der Waals surface area contributed by atoms with Crippen molar-refractivity contribution in [2.75, 3.05) is 14.1 Å². The standard InChI is InChI=1S/C37H33N/c1-25-11-9-16-29(19-25)34-23-32-21-27-13-5-6-14-28(27)22-35(32)37(36(34)30-17-10-12-26(2)20-30)33-18-8-7-15-31(33)24-38(3)4/h5-23H,24H2,1-4H3. The van der Waals surface area contributed by atoms with Gasteiger partial charge < -0.3 is 4.90 Å². The minimum Gasteiger partial charge on any atom is -0.305 e. The van der Waals surface area contributed by atoms with E-state index in [2.05, 4.69) is 148 Å². The SMILES string of the molecule is Cc1cccc(-c2cc3cc4ccccc4cc3c(-c3ccccc3CN(C)C)c2-c2cccc(C)c2)c1. The van der Waals surface area contributed by atoms with E-state index in [0.29, 0.717) is 0 Å². The molecule has 0 amide bonds. The van der Waals surface area contributed by atoms with Crippen molar-refractivity contribution in [1.29, 1.82) is 0 Å². The zero-order chi connectivity index (χ0) is 26.2. The Morgan fingerprint density at radius 1 is 0.500 bits per heavy atom. The van der Waals surface area contributed by atoms with Crippen LogP contribution in [0, 0.1) is 13.8 Å². The van der Waals surface area contributed by atoms with Gasteiger partial charge >= 0.3 is 0 Å². The van der Waals surface area contributed by atoms with Gasteiger partial charge in [-0.25, -0.2) is 0 Å². The third-order valence-electron chi connectivity index (χ3n) is 7.42. The molecule has 0 spiro atoms. The summed E-state index contributed by atoms with van der Waals surface area (Å²) in [5.74, 6) is 0. The summed E-state index contributed by atoms with van der Waals surface area (Å²) < 4.78 is 0. The average Bonchev–Trinajstić information content (AvgIpc) is 2.91. The fourth-order valence-corrected chi connectivity index (χ4v) is 5.75. The molecule has 38 heavy (non-hydrogen) atoms. The summed E-state index contributed by atoms with van der Waals surface area (Å²) in [6.07, 6.45) is 0. The Balaban J connectivity index is 1.83. The van der Waals surface area contributed by atoms with Crippen LogP contribution in [-0.2, 0) is 6.54 Å². The van der Waals surface area contributed by atoms with Crippen molar-refractivity contribution in [1.82, 2.24) is 4.90 Å². The number of hydrogen-bond donors (Lipinski definition) is 0. The molecule has 0 radical (unpaired) electrons. The summed E-state index contributed by atoms with van der Waals surface area (Å²) in [5.41, 5.74) is 11.6. The van der Waals surface area contributed by atoms with Gasteiger partial charge in [0.1, 0.15) is 0 Å². The lowest BCUT2D eigenvalue weighted by Crippen LogP contribution is -2.11. The highest BCUT2D eigenvalue weighted by Crippen LogP contribution is 2.47. The van der Waals surface area contributed by atoms with E-state index in [0.717, 1.165) is 6.54 Å². The van der Waals surface area contributed by atoms with Crippen LogP contribution in [0.1, 0.15) is 16.7 Å². The van der Waals surface area contributed by atoms with Crippen LogP contribution in [0.5, 0.6) is 0 Å². The first-order valence-corrected chi connectivity index (χ1v) is 13.3. The van der Waals surface area contributed by atoms with Crippen LogP contribution < -0.4 is 0 Å². The van der Waals surface area contributed by atoms with Crippen LogP contribution in [0.15, 0.2) is 115 Å². The number of nitrogens with zero attached hydrogens (tertiary/aromatic N) is 1. The van der Waals surface area contributed by atoms with Gasteiger partial charge in [-0.1, -0.05) is 108 Å². The highest BCUT2D eigenvalue weighted by Gasteiger charge is 2.21. The number of rotatable bonds is 5. The fraction of sp³-hybridized carbons (Fsp3) is 0.135. The topological polar surface area (TPSA) is 3.24 Å². The van der Waals surface area contributed by atoms with Gasteiger partial charge in [0.25, 0.3) is 0 Å². The zero-order valence-electron chi connectivity index (χ0n) is 22.6. The Hall–Kier alpha value is -4.20. The first-order chi connectivity index (χ1) is 18.5. The second-order valence-electron chi connectivity index (χ2n) is 10.7. The lowest BCUT2D eigenvalue weighted by Gasteiger charge is -2.23. The first kappa shape index (κ1) is 24.2. The first-order valence-electron chi connectivity index (χ1n) is 13.3. The molecule has 1 heteroatoms. The summed E-state index contributed by atoms with van der Waals surface area (Å²) >= 11 is 0. The molecule has 6 rings (SSSR count). The van der Waals surface area contributed by atoms with Crippen LogP contribution in [-0.4, -0.2) is 19.0 Å². The molecular formula is C37H33N.